The average Bonchev–Trinajstić information content (AvgIpc) is 2.86. The Labute approximate surface area is 121 Å². The molecule has 0 atom stereocenters. The summed E-state index contributed by atoms with van der Waals surface area (Å²) >= 11 is 0. The average molecular weight is 288 g/mol. The quantitative estimate of drug-likeness (QED) is 0.446. The van der Waals surface area contributed by atoms with Gasteiger partial charge in [0.05, 0.1) is 6.21 Å². The lowest BCUT2D eigenvalue weighted by atomic mass is 10.1. The Morgan fingerprint density at radius 2 is 2.10 bits per heavy atom. The topological polar surface area (TPSA) is 95.1 Å². The Morgan fingerprint density at radius 3 is 2.76 bits per heavy atom. The summed E-state index contributed by atoms with van der Waals surface area (Å²) in [7, 11) is 0. The number of hydrazone groups is 1. The van der Waals surface area contributed by atoms with Gasteiger partial charge in [-0.25, -0.2) is 5.43 Å². The van der Waals surface area contributed by atoms with E-state index in [1.54, 1.807) is 18.2 Å². The van der Waals surface area contributed by atoms with Crippen molar-refractivity contribution in [2.45, 2.75) is 19.8 Å². The van der Waals surface area contributed by atoms with Gasteiger partial charge in [-0.05, 0) is 43.2 Å². The second kappa shape index (κ2) is 6.60. The number of aromatic hydroxyl groups is 2. The van der Waals surface area contributed by atoms with Gasteiger partial charge in [-0.15, -0.1) is 0 Å². The van der Waals surface area contributed by atoms with Crippen molar-refractivity contribution in [1.29, 1.82) is 0 Å². The minimum absolute atomic E-state index is 0.179. The maximum Gasteiger partial charge on any atom is 0.240 e. The first-order valence-electron chi connectivity index (χ1n) is 6.44. The van der Waals surface area contributed by atoms with E-state index in [2.05, 4.69) is 10.5 Å². The molecule has 0 saturated heterocycles. The zero-order valence-corrected chi connectivity index (χ0v) is 11.5. The fourth-order valence-corrected chi connectivity index (χ4v) is 1.73. The minimum Gasteiger partial charge on any atom is -0.504 e. The van der Waals surface area contributed by atoms with Crippen LogP contribution in [0.1, 0.15) is 23.5 Å². The molecule has 0 unspecified atom stereocenters. The molecule has 0 spiro atoms. The van der Waals surface area contributed by atoms with Crippen LogP contribution in [-0.4, -0.2) is 22.3 Å². The SMILES string of the molecule is Cc1ccc(/C=N/NC(=O)CCc2ccc(O)c(O)c2)o1. The summed E-state index contributed by atoms with van der Waals surface area (Å²) < 4.78 is 5.27. The molecule has 2 rings (SSSR count). The third-order valence-electron chi connectivity index (χ3n) is 2.82. The number of phenols is 2. The molecule has 0 bridgehead atoms. The fourth-order valence-electron chi connectivity index (χ4n) is 1.73. The van der Waals surface area contributed by atoms with Gasteiger partial charge in [-0.2, -0.15) is 5.10 Å². The van der Waals surface area contributed by atoms with E-state index >= 15 is 0 Å². The predicted octanol–water partition coefficient (Wildman–Crippen LogP) is 2.08. The second-order valence-corrected chi connectivity index (χ2v) is 4.56. The van der Waals surface area contributed by atoms with Gasteiger partial charge in [-0.3, -0.25) is 4.79 Å². The summed E-state index contributed by atoms with van der Waals surface area (Å²) in [6.07, 6.45) is 2.09. The minimum atomic E-state index is -0.248. The van der Waals surface area contributed by atoms with Crippen molar-refractivity contribution >= 4 is 12.1 Å². The third kappa shape index (κ3) is 4.38. The maximum atomic E-state index is 11.6. The first-order valence-corrected chi connectivity index (χ1v) is 6.44. The van der Waals surface area contributed by atoms with Crippen LogP contribution >= 0.6 is 0 Å². The van der Waals surface area contributed by atoms with Gasteiger partial charge in [0.1, 0.15) is 11.5 Å². The van der Waals surface area contributed by atoms with E-state index in [0.717, 1.165) is 11.3 Å². The van der Waals surface area contributed by atoms with E-state index in [-0.39, 0.29) is 23.8 Å². The van der Waals surface area contributed by atoms with Crippen molar-refractivity contribution in [3.63, 3.8) is 0 Å². The van der Waals surface area contributed by atoms with Crippen LogP contribution in [0.25, 0.3) is 0 Å². The number of hydrogen-bond acceptors (Lipinski definition) is 5. The number of rotatable bonds is 5. The summed E-state index contributed by atoms with van der Waals surface area (Å²) in [6.45, 7) is 1.82. The van der Waals surface area contributed by atoms with E-state index in [0.29, 0.717) is 12.2 Å². The van der Waals surface area contributed by atoms with Crippen LogP contribution in [0.4, 0.5) is 0 Å². The fraction of sp³-hybridized carbons (Fsp3) is 0.200. The lowest BCUT2D eigenvalue weighted by molar-refractivity contribution is -0.121. The predicted molar refractivity (Wildman–Crippen MR) is 77.3 cm³/mol. The van der Waals surface area contributed by atoms with E-state index < -0.39 is 0 Å². The van der Waals surface area contributed by atoms with E-state index in [1.165, 1.54) is 18.3 Å². The molecule has 0 radical (unpaired) electrons. The number of furan rings is 1. The van der Waals surface area contributed by atoms with Crippen molar-refractivity contribution in [1.82, 2.24) is 5.43 Å². The Morgan fingerprint density at radius 1 is 1.29 bits per heavy atom. The highest BCUT2D eigenvalue weighted by Gasteiger charge is 2.04. The van der Waals surface area contributed by atoms with Crippen molar-refractivity contribution in [2.24, 2.45) is 5.10 Å². The molecule has 0 aliphatic rings. The van der Waals surface area contributed by atoms with Crippen molar-refractivity contribution in [3.8, 4) is 11.5 Å². The van der Waals surface area contributed by atoms with E-state index in [1.807, 2.05) is 6.92 Å². The van der Waals surface area contributed by atoms with Crippen molar-refractivity contribution in [3.05, 3.63) is 47.4 Å². The van der Waals surface area contributed by atoms with Crippen LogP contribution in [0.3, 0.4) is 0 Å². The molecule has 2 aromatic rings. The smallest absolute Gasteiger partial charge is 0.240 e. The van der Waals surface area contributed by atoms with Gasteiger partial charge in [0.15, 0.2) is 11.5 Å². The number of amides is 1. The van der Waals surface area contributed by atoms with Crippen molar-refractivity contribution < 1.29 is 19.4 Å². The first kappa shape index (κ1) is 14.6. The van der Waals surface area contributed by atoms with Crippen molar-refractivity contribution in [2.75, 3.05) is 0 Å². The number of benzene rings is 1. The Kier molecular flexibility index (Phi) is 4.61. The van der Waals surface area contributed by atoms with Gasteiger partial charge in [0.25, 0.3) is 0 Å². The van der Waals surface area contributed by atoms with Crippen LogP contribution < -0.4 is 5.43 Å². The van der Waals surface area contributed by atoms with Gasteiger partial charge in [0, 0.05) is 6.42 Å². The van der Waals surface area contributed by atoms with Crippen LogP contribution in [-0.2, 0) is 11.2 Å². The van der Waals surface area contributed by atoms with Gasteiger partial charge < -0.3 is 14.6 Å². The zero-order valence-electron chi connectivity index (χ0n) is 11.5. The highest BCUT2D eigenvalue weighted by Crippen LogP contribution is 2.25. The molecule has 6 nitrogen and oxygen atoms in total. The molecule has 6 heteroatoms. The number of nitrogens with one attached hydrogen (secondary N) is 1. The lowest BCUT2D eigenvalue weighted by Gasteiger charge is -2.03. The van der Waals surface area contributed by atoms with Gasteiger partial charge >= 0.3 is 0 Å². The molecule has 0 aliphatic heterocycles. The van der Waals surface area contributed by atoms with Gasteiger partial charge in [0.2, 0.25) is 5.91 Å². The molecule has 3 N–H and O–H groups in total. The van der Waals surface area contributed by atoms with Crippen LogP contribution in [0.5, 0.6) is 11.5 Å². The number of aryl methyl sites for hydroxylation is 2. The summed E-state index contributed by atoms with van der Waals surface area (Å²) in [4.78, 5) is 11.6. The molecule has 0 saturated carbocycles. The summed E-state index contributed by atoms with van der Waals surface area (Å²) in [5.41, 5.74) is 3.15. The van der Waals surface area contributed by atoms with E-state index in [4.69, 9.17) is 4.42 Å². The molecule has 0 aliphatic carbocycles. The molecule has 1 heterocycles. The molecule has 1 amide bonds. The Bertz CT molecular complexity index is 661. The Hall–Kier alpha value is -2.76. The third-order valence-corrected chi connectivity index (χ3v) is 2.82. The molecular formula is C15H16N2O4. The summed E-state index contributed by atoms with van der Waals surface area (Å²) in [5.74, 6) is 0.717. The highest BCUT2D eigenvalue weighted by atomic mass is 16.3. The number of nitrogens with zero attached hydrogens (tertiary/aromatic N) is 1. The summed E-state index contributed by atoms with van der Waals surface area (Å²) in [6, 6.07) is 8.03. The molecule has 0 fully saturated rings. The largest absolute Gasteiger partial charge is 0.504 e. The first-order chi connectivity index (χ1) is 10.0. The standard InChI is InChI=1S/C15H16N2O4/c1-10-2-5-12(21-10)9-16-17-15(20)7-4-11-3-6-13(18)14(19)8-11/h2-3,5-6,8-9,18-19H,4,7H2,1H3,(H,17,20)/b16-9+. The van der Waals surface area contributed by atoms with Crippen LogP contribution in [0.2, 0.25) is 0 Å². The van der Waals surface area contributed by atoms with Crippen LogP contribution in [0, 0.1) is 6.92 Å². The summed E-state index contributed by atoms with van der Waals surface area (Å²) in [5, 5.41) is 22.3. The molecule has 21 heavy (non-hydrogen) atoms. The number of carbonyl (C=O) groups excluding carboxylic acids is 1. The van der Waals surface area contributed by atoms with E-state index in [9.17, 15) is 15.0 Å². The number of hydrogen-bond donors (Lipinski definition) is 3. The zero-order chi connectivity index (χ0) is 15.2. The van der Waals surface area contributed by atoms with Crippen LogP contribution in [0.15, 0.2) is 39.9 Å². The van der Waals surface area contributed by atoms with Gasteiger partial charge in [-0.1, -0.05) is 6.07 Å². The molecular weight excluding hydrogens is 272 g/mol. The monoisotopic (exact) mass is 288 g/mol. The Balaban J connectivity index is 1.79. The normalized spacial score (nSPS) is 10.9. The molecule has 110 valence electrons. The molecule has 1 aromatic carbocycles. The molecule has 1 aromatic heterocycles. The number of phenolic OH excluding ortho intramolecular Hbond substituents is 2. The highest BCUT2D eigenvalue weighted by molar-refractivity contribution is 5.80. The second-order valence-electron chi connectivity index (χ2n) is 4.56. The lowest BCUT2D eigenvalue weighted by Crippen LogP contribution is -2.17. The maximum absolute atomic E-state index is 11.6. The number of carbonyl (C=O) groups is 1.